The monoisotopic (exact) mass is 274 g/mol. The number of hydrogen-bond acceptors (Lipinski definition) is 3. The second-order valence-corrected chi connectivity index (χ2v) is 5.99. The predicted molar refractivity (Wildman–Crippen MR) is 83.4 cm³/mol. The van der Waals surface area contributed by atoms with Crippen LogP contribution in [0.15, 0.2) is 18.2 Å². The van der Waals surface area contributed by atoms with Crippen LogP contribution in [0, 0.1) is 13.8 Å². The standard InChI is InChI=1S/C17H26N2O/c1-12-5-6-15(11-13(12)2)17(20)14(3)19(4)16-7-9-18-10-8-16/h5-6,11,14,16,18H,7-10H2,1-4H3. The highest BCUT2D eigenvalue weighted by Gasteiger charge is 2.26. The molecule has 0 bridgehead atoms. The minimum Gasteiger partial charge on any atom is -0.317 e. The Hall–Kier alpha value is -1.19. The molecule has 3 heteroatoms. The fraction of sp³-hybridized carbons (Fsp3) is 0.588. The summed E-state index contributed by atoms with van der Waals surface area (Å²) in [4.78, 5) is 14.9. The Morgan fingerprint density at radius 2 is 1.90 bits per heavy atom. The number of benzene rings is 1. The molecule has 0 aliphatic carbocycles. The summed E-state index contributed by atoms with van der Waals surface area (Å²) in [5.41, 5.74) is 3.26. The number of likely N-dealkylation sites (N-methyl/N-ethyl adjacent to an activating group) is 1. The van der Waals surface area contributed by atoms with E-state index >= 15 is 0 Å². The van der Waals surface area contributed by atoms with Gasteiger partial charge in [0.2, 0.25) is 0 Å². The zero-order chi connectivity index (χ0) is 14.7. The van der Waals surface area contributed by atoms with Gasteiger partial charge >= 0.3 is 0 Å². The molecule has 1 aromatic rings. The van der Waals surface area contributed by atoms with Gasteiger partial charge in [-0.25, -0.2) is 0 Å². The smallest absolute Gasteiger partial charge is 0.179 e. The molecule has 2 rings (SSSR count). The highest BCUT2D eigenvalue weighted by Crippen LogP contribution is 2.17. The molecule has 0 saturated carbocycles. The Morgan fingerprint density at radius 1 is 1.25 bits per heavy atom. The number of carbonyl (C=O) groups is 1. The second-order valence-electron chi connectivity index (χ2n) is 5.99. The van der Waals surface area contributed by atoms with Gasteiger partial charge in [-0.15, -0.1) is 0 Å². The van der Waals surface area contributed by atoms with E-state index in [0.717, 1.165) is 31.5 Å². The van der Waals surface area contributed by atoms with Gasteiger partial charge in [0.05, 0.1) is 6.04 Å². The Labute approximate surface area is 122 Å². The number of ketones is 1. The van der Waals surface area contributed by atoms with E-state index in [4.69, 9.17) is 0 Å². The molecule has 0 aromatic heterocycles. The molecule has 1 aliphatic heterocycles. The van der Waals surface area contributed by atoms with Crippen molar-refractivity contribution in [3.8, 4) is 0 Å². The molecule has 0 spiro atoms. The van der Waals surface area contributed by atoms with Crippen LogP contribution >= 0.6 is 0 Å². The molecule has 3 nitrogen and oxygen atoms in total. The summed E-state index contributed by atoms with van der Waals surface area (Å²) in [6.07, 6.45) is 2.25. The number of rotatable bonds is 4. The maximum atomic E-state index is 12.6. The number of hydrogen-bond donors (Lipinski definition) is 1. The number of piperidine rings is 1. The van der Waals surface area contributed by atoms with Gasteiger partial charge in [-0.2, -0.15) is 0 Å². The van der Waals surface area contributed by atoms with Crippen LogP contribution in [0.25, 0.3) is 0 Å². The lowest BCUT2D eigenvalue weighted by atomic mass is 9.97. The molecular weight excluding hydrogens is 248 g/mol. The molecule has 1 heterocycles. The molecule has 1 unspecified atom stereocenters. The van der Waals surface area contributed by atoms with Crippen molar-refractivity contribution in [3.05, 3.63) is 34.9 Å². The summed E-state index contributed by atoms with van der Waals surface area (Å²) in [5, 5.41) is 3.37. The zero-order valence-corrected chi connectivity index (χ0v) is 13.1. The Kier molecular flexibility index (Phi) is 4.95. The van der Waals surface area contributed by atoms with E-state index in [1.54, 1.807) is 0 Å². The van der Waals surface area contributed by atoms with Crippen molar-refractivity contribution in [2.24, 2.45) is 0 Å². The van der Waals surface area contributed by atoms with Gasteiger partial charge in [0, 0.05) is 11.6 Å². The zero-order valence-electron chi connectivity index (χ0n) is 13.1. The fourth-order valence-corrected chi connectivity index (χ4v) is 2.85. The minimum absolute atomic E-state index is 0.0554. The second kappa shape index (κ2) is 6.51. The van der Waals surface area contributed by atoms with Crippen LogP contribution < -0.4 is 5.32 Å². The number of nitrogens with one attached hydrogen (secondary N) is 1. The molecule has 110 valence electrons. The van der Waals surface area contributed by atoms with E-state index in [-0.39, 0.29) is 11.8 Å². The molecule has 0 radical (unpaired) electrons. The third-order valence-corrected chi connectivity index (χ3v) is 4.67. The normalized spacial score (nSPS) is 18.2. The van der Waals surface area contributed by atoms with Crippen molar-refractivity contribution in [1.29, 1.82) is 0 Å². The summed E-state index contributed by atoms with van der Waals surface area (Å²) in [6.45, 7) is 8.28. The molecule has 0 amide bonds. The molecular formula is C17H26N2O. The Bertz CT molecular complexity index is 478. The predicted octanol–water partition coefficient (Wildman–Crippen LogP) is 2.56. The summed E-state index contributed by atoms with van der Waals surface area (Å²) in [6, 6.07) is 6.48. The maximum absolute atomic E-state index is 12.6. The van der Waals surface area contributed by atoms with Crippen molar-refractivity contribution in [1.82, 2.24) is 10.2 Å². The lowest BCUT2D eigenvalue weighted by Gasteiger charge is -2.35. The van der Waals surface area contributed by atoms with Gasteiger partial charge in [0.15, 0.2) is 5.78 Å². The lowest BCUT2D eigenvalue weighted by molar-refractivity contribution is 0.0785. The summed E-state index contributed by atoms with van der Waals surface area (Å²) in [7, 11) is 2.08. The van der Waals surface area contributed by atoms with E-state index in [2.05, 4.69) is 31.1 Å². The molecule has 1 fully saturated rings. The van der Waals surface area contributed by atoms with E-state index in [1.165, 1.54) is 11.1 Å². The van der Waals surface area contributed by atoms with E-state index in [0.29, 0.717) is 6.04 Å². The number of Topliss-reactive ketones (excluding diaryl/α,β-unsaturated/α-hetero) is 1. The molecule has 1 N–H and O–H groups in total. The molecule has 1 aromatic carbocycles. The Morgan fingerprint density at radius 3 is 2.50 bits per heavy atom. The van der Waals surface area contributed by atoms with Crippen molar-refractivity contribution >= 4 is 5.78 Å². The summed E-state index contributed by atoms with van der Waals surface area (Å²) in [5.74, 6) is 0.231. The fourth-order valence-electron chi connectivity index (χ4n) is 2.85. The topological polar surface area (TPSA) is 32.3 Å². The van der Waals surface area contributed by atoms with Crippen LogP contribution in [0.4, 0.5) is 0 Å². The highest BCUT2D eigenvalue weighted by molar-refractivity contribution is 6.00. The number of carbonyl (C=O) groups excluding carboxylic acids is 1. The van der Waals surface area contributed by atoms with Crippen molar-refractivity contribution in [3.63, 3.8) is 0 Å². The van der Waals surface area contributed by atoms with E-state index < -0.39 is 0 Å². The van der Waals surface area contributed by atoms with Crippen LogP contribution in [0.5, 0.6) is 0 Å². The van der Waals surface area contributed by atoms with Gasteiger partial charge in [0.1, 0.15) is 0 Å². The van der Waals surface area contributed by atoms with E-state index in [1.807, 2.05) is 25.1 Å². The first-order valence-electron chi connectivity index (χ1n) is 7.55. The maximum Gasteiger partial charge on any atom is 0.179 e. The third-order valence-electron chi connectivity index (χ3n) is 4.67. The lowest BCUT2D eigenvalue weighted by Crippen LogP contribution is -2.47. The third kappa shape index (κ3) is 3.28. The SMILES string of the molecule is Cc1ccc(C(=O)C(C)N(C)C2CCNCC2)cc1C. The van der Waals surface area contributed by atoms with Gasteiger partial charge in [-0.3, -0.25) is 9.69 Å². The van der Waals surface area contributed by atoms with Crippen LogP contribution in [0.1, 0.15) is 41.3 Å². The van der Waals surface area contributed by atoms with Gasteiger partial charge in [-0.05, 0) is 70.9 Å². The average Bonchev–Trinajstić information content (AvgIpc) is 2.48. The average molecular weight is 274 g/mol. The molecule has 20 heavy (non-hydrogen) atoms. The Balaban J connectivity index is 2.08. The van der Waals surface area contributed by atoms with Crippen LogP contribution in [-0.2, 0) is 0 Å². The highest BCUT2D eigenvalue weighted by atomic mass is 16.1. The summed E-state index contributed by atoms with van der Waals surface area (Å²) >= 11 is 0. The molecule has 1 aliphatic rings. The number of aryl methyl sites for hydroxylation is 2. The quantitative estimate of drug-likeness (QED) is 0.857. The minimum atomic E-state index is -0.0554. The largest absolute Gasteiger partial charge is 0.317 e. The first-order valence-corrected chi connectivity index (χ1v) is 7.55. The van der Waals surface area contributed by atoms with Crippen molar-refractivity contribution in [2.45, 2.75) is 45.7 Å². The van der Waals surface area contributed by atoms with E-state index in [9.17, 15) is 4.79 Å². The van der Waals surface area contributed by atoms with Crippen LogP contribution in [0.3, 0.4) is 0 Å². The first-order chi connectivity index (χ1) is 9.50. The van der Waals surface area contributed by atoms with Crippen LogP contribution in [0.2, 0.25) is 0 Å². The summed E-state index contributed by atoms with van der Waals surface area (Å²) < 4.78 is 0. The first kappa shape index (κ1) is 15.2. The van der Waals surface area contributed by atoms with Crippen molar-refractivity contribution < 1.29 is 4.79 Å². The van der Waals surface area contributed by atoms with Gasteiger partial charge < -0.3 is 5.32 Å². The molecule has 1 atom stereocenters. The van der Waals surface area contributed by atoms with Gasteiger partial charge in [-0.1, -0.05) is 12.1 Å². The van der Waals surface area contributed by atoms with Gasteiger partial charge in [0.25, 0.3) is 0 Å². The number of nitrogens with zero attached hydrogens (tertiary/aromatic N) is 1. The van der Waals surface area contributed by atoms with Crippen LogP contribution in [-0.4, -0.2) is 42.9 Å². The molecule has 1 saturated heterocycles. The van der Waals surface area contributed by atoms with Crippen molar-refractivity contribution in [2.75, 3.05) is 20.1 Å².